The molecule has 29 heavy (non-hydrogen) atoms. The molecule has 1 atom stereocenters. The zero-order chi connectivity index (χ0) is 20.6. The van der Waals surface area contributed by atoms with Crippen LogP contribution in [0.2, 0.25) is 0 Å². The average Bonchev–Trinajstić information content (AvgIpc) is 2.75. The monoisotopic (exact) mass is 390 g/mol. The minimum atomic E-state index is -0.399. The van der Waals surface area contributed by atoms with E-state index in [-0.39, 0.29) is 17.6 Å². The van der Waals surface area contributed by atoms with Crippen LogP contribution in [0.25, 0.3) is 0 Å². The lowest BCUT2D eigenvalue weighted by Crippen LogP contribution is -2.15. The number of carbonyl (C=O) groups is 2. The summed E-state index contributed by atoms with van der Waals surface area (Å²) < 4.78 is 4.93. The number of carbonyl (C=O) groups excluding carboxylic acids is 2. The molecular formula is C22H22N4O3. The van der Waals surface area contributed by atoms with Crippen molar-refractivity contribution in [3.05, 3.63) is 83.8 Å². The Kier molecular flexibility index (Phi) is 6.52. The molecule has 0 radical (unpaired) electrons. The maximum absolute atomic E-state index is 12.4. The van der Waals surface area contributed by atoms with Gasteiger partial charge in [0.05, 0.1) is 24.6 Å². The number of nitrogens with one attached hydrogen (secondary N) is 2. The van der Waals surface area contributed by atoms with Crippen molar-refractivity contribution in [1.82, 2.24) is 9.97 Å². The van der Waals surface area contributed by atoms with Gasteiger partial charge >= 0.3 is 5.97 Å². The van der Waals surface area contributed by atoms with Crippen LogP contribution in [0.5, 0.6) is 0 Å². The van der Waals surface area contributed by atoms with Crippen LogP contribution < -0.4 is 10.6 Å². The van der Waals surface area contributed by atoms with Crippen molar-refractivity contribution in [2.24, 2.45) is 0 Å². The molecule has 0 aliphatic rings. The summed E-state index contributed by atoms with van der Waals surface area (Å²) in [5.41, 5.74) is 2.29. The van der Waals surface area contributed by atoms with Crippen LogP contribution in [-0.4, -0.2) is 28.5 Å². The second kappa shape index (κ2) is 9.45. The first-order valence-electron chi connectivity index (χ1n) is 9.29. The van der Waals surface area contributed by atoms with Crippen molar-refractivity contribution in [2.75, 3.05) is 17.2 Å². The molecule has 0 saturated heterocycles. The fraction of sp³-hybridized carbons (Fsp3) is 0.182. The minimum absolute atomic E-state index is 0.0584. The molecule has 1 heterocycles. The Labute approximate surface area is 169 Å². The smallest absolute Gasteiger partial charge is 0.338 e. The van der Waals surface area contributed by atoms with Crippen LogP contribution in [-0.2, 0) is 4.74 Å². The van der Waals surface area contributed by atoms with Gasteiger partial charge in [0.25, 0.3) is 5.91 Å². The van der Waals surface area contributed by atoms with Gasteiger partial charge in [-0.15, -0.1) is 0 Å². The molecule has 7 heteroatoms. The van der Waals surface area contributed by atoms with Crippen molar-refractivity contribution >= 4 is 23.4 Å². The molecule has 3 aromatic rings. The van der Waals surface area contributed by atoms with Crippen LogP contribution in [0, 0.1) is 0 Å². The van der Waals surface area contributed by atoms with E-state index < -0.39 is 5.97 Å². The second-order valence-electron chi connectivity index (χ2n) is 6.32. The van der Waals surface area contributed by atoms with Crippen molar-refractivity contribution in [3.8, 4) is 0 Å². The molecule has 1 unspecified atom stereocenters. The molecule has 0 aliphatic heterocycles. The number of aromatic nitrogens is 2. The van der Waals surface area contributed by atoms with Gasteiger partial charge in [0.2, 0.25) is 0 Å². The maximum Gasteiger partial charge on any atom is 0.338 e. The highest BCUT2D eigenvalue weighted by Crippen LogP contribution is 2.17. The zero-order valence-electron chi connectivity index (χ0n) is 16.3. The summed E-state index contributed by atoms with van der Waals surface area (Å²) in [5.74, 6) is -0.204. The van der Waals surface area contributed by atoms with Crippen LogP contribution in [0.1, 0.15) is 46.3 Å². The highest BCUT2D eigenvalue weighted by atomic mass is 16.5. The Morgan fingerprint density at radius 2 is 1.72 bits per heavy atom. The number of esters is 1. The van der Waals surface area contributed by atoms with Gasteiger partial charge in [-0.05, 0) is 43.7 Å². The SMILES string of the molecule is CCOC(=O)c1ccc(NC(=O)c2cnc(NC(C)c3ccccc3)cn2)cc1. The summed E-state index contributed by atoms with van der Waals surface area (Å²) in [5, 5.41) is 5.98. The Morgan fingerprint density at radius 1 is 1.00 bits per heavy atom. The van der Waals surface area contributed by atoms with Gasteiger partial charge in [-0.3, -0.25) is 4.79 Å². The molecule has 0 bridgehead atoms. The first-order chi connectivity index (χ1) is 14.1. The van der Waals surface area contributed by atoms with E-state index in [9.17, 15) is 9.59 Å². The zero-order valence-corrected chi connectivity index (χ0v) is 16.3. The molecule has 2 N–H and O–H groups in total. The normalized spacial score (nSPS) is 11.4. The van der Waals surface area contributed by atoms with Crippen molar-refractivity contribution < 1.29 is 14.3 Å². The average molecular weight is 390 g/mol. The van der Waals surface area contributed by atoms with Crippen molar-refractivity contribution in [2.45, 2.75) is 19.9 Å². The molecular weight excluding hydrogens is 368 g/mol. The summed E-state index contributed by atoms with van der Waals surface area (Å²) in [7, 11) is 0. The van der Waals surface area contributed by atoms with E-state index in [4.69, 9.17) is 4.74 Å². The fourth-order valence-corrected chi connectivity index (χ4v) is 2.67. The van der Waals surface area contributed by atoms with Crippen LogP contribution in [0.3, 0.4) is 0 Å². The maximum atomic E-state index is 12.4. The number of hydrogen-bond acceptors (Lipinski definition) is 6. The molecule has 0 fully saturated rings. The first kappa shape index (κ1) is 20.0. The molecule has 7 nitrogen and oxygen atoms in total. The van der Waals surface area contributed by atoms with Crippen molar-refractivity contribution in [1.29, 1.82) is 0 Å². The van der Waals surface area contributed by atoms with Gasteiger partial charge in [-0.2, -0.15) is 0 Å². The quantitative estimate of drug-likeness (QED) is 0.591. The number of amides is 1. The topological polar surface area (TPSA) is 93.2 Å². The molecule has 148 valence electrons. The Morgan fingerprint density at radius 3 is 2.34 bits per heavy atom. The van der Waals surface area contributed by atoms with E-state index in [1.165, 1.54) is 12.4 Å². The molecule has 3 rings (SSSR count). The Hall–Kier alpha value is -3.74. The predicted molar refractivity (Wildman–Crippen MR) is 111 cm³/mol. The number of nitrogens with zero attached hydrogens (tertiary/aromatic N) is 2. The van der Waals surface area contributed by atoms with Crippen LogP contribution in [0.15, 0.2) is 67.0 Å². The van der Waals surface area contributed by atoms with Crippen LogP contribution in [0.4, 0.5) is 11.5 Å². The second-order valence-corrected chi connectivity index (χ2v) is 6.32. The van der Waals surface area contributed by atoms with E-state index in [1.807, 2.05) is 37.3 Å². The van der Waals surface area contributed by atoms with Crippen molar-refractivity contribution in [3.63, 3.8) is 0 Å². The van der Waals surface area contributed by atoms with Gasteiger partial charge in [-0.25, -0.2) is 14.8 Å². The van der Waals surface area contributed by atoms with Gasteiger partial charge in [0, 0.05) is 11.7 Å². The number of anilines is 2. The van der Waals surface area contributed by atoms with E-state index in [0.717, 1.165) is 5.56 Å². The van der Waals surface area contributed by atoms with Gasteiger partial charge in [0.1, 0.15) is 11.5 Å². The standard InChI is InChI=1S/C22H22N4O3/c1-3-29-22(28)17-9-11-18(12-10-17)26-21(27)19-13-24-20(14-23-19)25-15(2)16-7-5-4-6-8-16/h4-15H,3H2,1-2H3,(H,24,25)(H,26,27). The largest absolute Gasteiger partial charge is 0.462 e. The molecule has 1 amide bonds. The predicted octanol–water partition coefficient (Wildman–Crippen LogP) is 4.08. The number of ether oxygens (including phenoxy) is 1. The Bertz CT molecular complexity index is 958. The van der Waals surface area contributed by atoms with E-state index in [2.05, 4.69) is 20.6 Å². The molecule has 2 aromatic carbocycles. The third kappa shape index (κ3) is 5.38. The number of hydrogen-bond donors (Lipinski definition) is 2. The number of benzene rings is 2. The molecule has 0 saturated carbocycles. The lowest BCUT2D eigenvalue weighted by molar-refractivity contribution is 0.0526. The summed E-state index contributed by atoms with van der Waals surface area (Å²) in [4.78, 5) is 32.5. The Balaban J connectivity index is 1.59. The summed E-state index contributed by atoms with van der Waals surface area (Å²) in [6.45, 7) is 4.08. The van der Waals surface area contributed by atoms with Gasteiger partial charge in [0.15, 0.2) is 0 Å². The molecule has 1 aromatic heterocycles. The minimum Gasteiger partial charge on any atom is -0.462 e. The first-order valence-corrected chi connectivity index (χ1v) is 9.29. The lowest BCUT2D eigenvalue weighted by atomic mass is 10.1. The third-order valence-corrected chi connectivity index (χ3v) is 4.20. The lowest BCUT2D eigenvalue weighted by Gasteiger charge is -2.14. The van der Waals surface area contributed by atoms with Gasteiger partial charge in [-0.1, -0.05) is 30.3 Å². The highest BCUT2D eigenvalue weighted by Gasteiger charge is 2.11. The molecule has 0 aliphatic carbocycles. The fourth-order valence-electron chi connectivity index (χ4n) is 2.67. The summed E-state index contributed by atoms with van der Waals surface area (Å²) in [6, 6.07) is 16.5. The van der Waals surface area contributed by atoms with E-state index >= 15 is 0 Å². The summed E-state index contributed by atoms with van der Waals surface area (Å²) >= 11 is 0. The van der Waals surface area contributed by atoms with E-state index in [0.29, 0.717) is 23.7 Å². The van der Waals surface area contributed by atoms with Crippen LogP contribution >= 0.6 is 0 Å². The number of rotatable bonds is 7. The highest BCUT2D eigenvalue weighted by molar-refractivity contribution is 6.03. The van der Waals surface area contributed by atoms with Gasteiger partial charge < -0.3 is 15.4 Å². The molecule has 0 spiro atoms. The third-order valence-electron chi connectivity index (χ3n) is 4.20. The summed E-state index contributed by atoms with van der Waals surface area (Å²) in [6.07, 6.45) is 2.95. The van der Waals surface area contributed by atoms with E-state index in [1.54, 1.807) is 31.2 Å².